The summed E-state index contributed by atoms with van der Waals surface area (Å²) in [5.41, 5.74) is -6.38. The molecule has 0 aromatic rings. The van der Waals surface area contributed by atoms with Crippen molar-refractivity contribution in [2.75, 3.05) is 6.54 Å². The van der Waals surface area contributed by atoms with E-state index in [1.165, 1.54) is 0 Å². The van der Waals surface area contributed by atoms with Crippen LogP contribution in [0.2, 0.25) is 0 Å². The Morgan fingerprint density at radius 1 is 0.955 bits per heavy atom. The van der Waals surface area contributed by atoms with Gasteiger partial charge in [0.2, 0.25) is 0 Å². The molecule has 1 saturated heterocycles. The van der Waals surface area contributed by atoms with Crippen LogP contribution in [0.5, 0.6) is 0 Å². The summed E-state index contributed by atoms with van der Waals surface area (Å²) in [7, 11) is 0. The second-order valence-electron chi connectivity index (χ2n) is 4.45. The number of halogens is 9. The fourth-order valence-corrected chi connectivity index (χ4v) is 1.91. The Bertz CT molecular complexity index is 391. The maximum absolute atomic E-state index is 12.6. The van der Waals surface area contributed by atoms with E-state index in [0.717, 1.165) is 0 Å². The van der Waals surface area contributed by atoms with Gasteiger partial charge in [-0.05, 0) is 0 Å². The first-order valence-electron chi connectivity index (χ1n) is 5.47. The number of alkyl halides is 9. The summed E-state index contributed by atoms with van der Waals surface area (Å²) in [6, 6.07) is -1.60. The van der Waals surface area contributed by atoms with Gasteiger partial charge in [-0.3, -0.25) is 4.79 Å². The van der Waals surface area contributed by atoms with Crippen LogP contribution in [-0.4, -0.2) is 53.9 Å². The maximum atomic E-state index is 12.6. The number of carbonyl (C=O) groups is 1. The van der Waals surface area contributed by atoms with Crippen LogP contribution in [0.25, 0.3) is 0 Å². The maximum Gasteiger partial charge on any atom is 0.435 e. The second kappa shape index (κ2) is 5.44. The highest BCUT2D eigenvalue weighted by Crippen LogP contribution is 2.55. The molecule has 2 atom stereocenters. The van der Waals surface area contributed by atoms with Gasteiger partial charge in [0, 0.05) is 13.0 Å². The number of carboxylic acid groups (broad SMARTS) is 1. The normalized spacial score (nSPS) is 24.6. The molecule has 0 spiro atoms. The lowest BCUT2D eigenvalue weighted by Crippen LogP contribution is -2.68. The Kier molecular flexibility index (Phi) is 4.65. The van der Waals surface area contributed by atoms with Crippen LogP contribution in [0.15, 0.2) is 0 Å². The van der Waals surface area contributed by atoms with Crippen molar-refractivity contribution in [1.82, 2.24) is 5.32 Å². The largest absolute Gasteiger partial charge is 0.480 e. The van der Waals surface area contributed by atoms with E-state index in [2.05, 4.69) is 4.74 Å². The standard InChI is InChI=1S/C9H8F9NO3/c10-7(11,12)6(8(13,14)15,9(16,17)18)22-3-1-4(5(20)21)19-2-3/h3-4,19H,1-2H2,(H,20,21)/t3-,4-/m0/s1. The molecule has 1 rings (SSSR count). The molecule has 1 aliphatic heterocycles. The van der Waals surface area contributed by atoms with Crippen molar-refractivity contribution in [2.24, 2.45) is 0 Å². The zero-order chi connectivity index (χ0) is 17.6. The van der Waals surface area contributed by atoms with Crippen LogP contribution in [0.3, 0.4) is 0 Å². The second-order valence-corrected chi connectivity index (χ2v) is 4.45. The SMILES string of the molecule is O=C(O)[C@@H]1C[C@H](OC(C(F)(F)F)(C(F)(F)F)C(F)(F)F)CN1. The molecule has 4 nitrogen and oxygen atoms in total. The van der Waals surface area contributed by atoms with Crippen molar-refractivity contribution in [3.63, 3.8) is 0 Å². The van der Waals surface area contributed by atoms with Crippen LogP contribution in [-0.2, 0) is 9.53 Å². The van der Waals surface area contributed by atoms with Gasteiger partial charge in [-0.25, -0.2) is 0 Å². The Balaban J connectivity index is 3.21. The first kappa shape index (κ1) is 18.8. The van der Waals surface area contributed by atoms with Crippen molar-refractivity contribution in [3.05, 3.63) is 0 Å². The summed E-state index contributed by atoms with van der Waals surface area (Å²) in [5, 5.41) is 10.5. The molecule has 0 unspecified atom stereocenters. The lowest BCUT2D eigenvalue weighted by atomic mass is 10.0. The quantitative estimate of drug-likeness (QED) is 0.768. The summed E-state index contributed by atoms with van der Waals surface area (Å²) in [6.07, 6.45) is -23.7. The van der Waals surface area contributed by atoms with Crippen molar-refractivity contribution < 1.29 is 54.2 Å². The number of hydrogen-bond donors (Lipinski definition) is 2. The summed E-state index contributed by atoms with van der Waals surface area (Å²) in [5.74, 6) is -1.64. The van der Waals surface area contributed by atoms with Crippen molar-refractivity contribution in [2.45, 2.75) is 42.7 Å². The van der Waals surface area contributed by atoms with Gasteiger partial charge in [-0.2, -0.15) is 39.5 Å². The fraction of sp³-hybridized carbons (Fsp3) is 0.889. The van der Waals surface area contributed by atoms with Crippen molar-refractivity contribution in [3.8, 4) is 0 Å². The molecule has 0 amide bonds. The molecular weight excluding hydrogens is 341 g/mol. The number of carboxylic acids is 1. The van der Waals surface area contributed by atoms with Crippen molar-refractivity contribution in [1.29, 1.82) is 0 Å². The van der Waals surface area contributed by atoms with E-state index in [0.29, 0.717) is 0 Å². The molecule has 0 saturated carbocycles. The zero-order valence-corrected chi connectivity index (χ0v) is 10.2. The molecule has 0 aromatic heterocycles. The molecule has 130 valence electrons. The predicted molar refractivity (Wildman–Crippen MR) is 49.8 cm³/mol. The summed E-state index contributed by atoms with van der Waals surface area (Å²) in [6.45, 7) is -0.902. The summed E-state index contributed by atoms with van der Waals surface area (Å²) >= 11 is 0. The third-order valence-corrected chi connectivity index (χ3v) is 2.93. The monoisotopic (exact) mass is 349 g/mol. The van der Waals surface area contributed by atoms with Gasteiger partial charge >= 0.3 is 30.1 Å². The van der Waals surface area contributed by atoms with Crippen LogP contribution in [0, 0.1) is 0 Å². The third kappa shape index (κ3) is 3.09. The Morgan fingerprint density at radius 2 is 1.36 bits per heavy atom. The van der Waals surface area contributed by atoms with Gasteiger partial charge in [0.25, 0.3) is 0 Å². The highest BCUT2D eigenvalue weighted by Gasteiger charge is 2.86. The Hall–Kier alpha value is -1.24. The zero-order valence-electron chi connectivity index (χ0n) is 10.2. The first-order chi connectivity index (χ1) is 9.63. The third-order valence-electron chi connectivity index (χ3n) is 2.93. The van der Waals surface area contributed by atoms with Crippen LogP contribution in [0.4, 0.5) is 39.5 Å². The number of ether oxygens (including phenoxy) is 1. The Labute approximate surface area is 116 Å². The molecule has 1 aliphatic rings. The van der Waals surface area contributed by atoms with Gasteiger partial charge in [-0.15, -0.1) is 0 Å². The Morgan fingerprint density at radius 3 is 1.64 bits per heavy atom. The van der Waals surface area contributed by atoms with Gasteiger partial charge < -0.3 is 15.2 Å². The molecule has 0 aliphatic carbocycles. The molecule has 0 bridgehead atoms. The van der Waals surface area contributed by atoms with E-state index in [1.54, 1.807) is 0 Å². The molecule has 0 aromatic carbocycles. The van der Waals surface area contributed by atoms with E-state index in [9.17, 15) is 44.3 Å². The van der Waals surface area contributed by atoms with E-state index in [-0.39, 0.29) is 0 Å². The number of hydrogen-bond acceptors (Lipinski definition) is 3. The van der Waals surface area contributed by atoms with E-state index >= 15 is 0 Å². The molecule has 1 fully saturated rings. The minimum absolute atomic E-state index is 0.902. The van der Waals surface area contributed by atoms with Crippen LogP contribution >= 0.6 is 0 Å². The summed E-state index contributed by atoms with van der Waals surface area (Å²) in [4.78, 5) is 10.5. The lowest BCUT2D eigenvalue weighted by Gasteiger charge is -2.39. The van der Waals surface area contributed by atoms with Crippen LogP contribution < -0.4 is 5.32 Å². The fourth-order valence-electron chi connectivity index (χ4n) is 1.91. The topological polar surface area (TPSA) is 58.6 Å². The number of rotatable bonds is 3. The minimum atomic E-state index is -6.83. The lowest BCUT2D eigenvalue weighted by molar-refractivity contribution is -0.463. The van der Waals surface area contributed by atoms with Gasteiger partial charge in [-0.1, -0.05) is 0 Å². The minimum Gasteiger partial charge on any atom is -0.480 e. The molecule has 2 N–H and O–H groups in total. The van der Waals surface area contributed by atoms with E-state index in [4.69, 9.17) is 5.11 Å². The van der Waals surface area contributed by atoms with Crippen LogP contribution in [0.1, 0.15) is 6.42 Å². The molecule has 1 heterocycles. The summed E-state index contributed by atoms with van der Waals surface area (Å²) < 4.78 is 117. The van der Waals surface area contributed by atoms with E-state index < -0.39 is 55.2 Å². The average Bonchev–Trinajstić information content (AvgIpc) is 2.68. The molecule has 13 heteroatoms. The van der Waals surface area contributed by atoms with Gasteiger partial charge in [0.1, 0.15) is 6.04 Å². The smallest absolute Gasteiger partial charge is 0.435 e. The predicted octanol–water partition coefficient (Wildman–Crippen LogP) is 2.24. The molecular formula is C9H8F9NO3. The van der Waals surface area contributed by atoms with Crippen molar-refractivity contribution >= 4 is 5.97 Å². The number of aliphatic carboxylic acids is 1. The van der Waals surface area contributed by atoms with Gasteiger partial charge in [0.05, 0.1) is 6.10 Å². The van der Waals surface area contributed by atoms with E-state index in [1.807, 2.05) is 5.32 Å². The highest BCUT2D eigenvalue weighted by molar-refractivity contribution is 5.73. The highest BCUT2D eigenvalue weighted by atomic mass is 19.4. The first-order valence-corrected chi connectivity index (χ1v) is 5.47. The number of nitrogens with one attached hydrogen (secondary N) is 1. The molecule has 0 radical (unpaired) electrons. The molecule has 22 heavy (non-hydrogen) atoms. The average molecular weight is 349 g/mol. The van der Waals surface area contributed by atoms with Gasteiger partial charge in [0.15, 0.2) is 0 Å².